The van der Waals surface area contributed by atoms with Crippen molar-refractivity contribution >= 4 is 21.5 Å². The van der Waals surface area contributed by atoms with E-state index >= 15 is 0 Å². The van der Waals surface area contributed by atoms with Gasteiger partial charge in [-0.2, -0.15) is 12.1 Å². The van der Waals surface area contributed by atoms with Crippen molar-refractivity contribution in [1.82, 2.24) is 0 Å². The van der Waals surface area contributed by atoms with Gasteiger partial charge in [0.05, 0.1) is 14.2 Å². The summed E-state index contributed by atoms with van der Waals surface area (Å²) in [4.78, 5) is 0. The van der Waals surface area contributed by atoms with Gasteiger partial charge in [0, 0.05) is 0 Å². The zero-order valence-electron chi connectivity index (χ0n) is 28.8. The first-order chi connectivity index (χ1) is 22.0. The van der Waals surface area contributed by atoms with Gasteiger partial charge in [-0.05, 0) is 48.2 Å². The Bertz CT molecular complexity index is 1600. The summed E-state index contributed by atoms with van der Waals surface area (Å²) in [7, 11) is 3.40. The first-order valence-corrected chi connectivity index (χ1v) is 16.3. The van der Waals surface area contributed by atoms with Crippen LogP contribution < -0.4 is 34.3 Å². The molecule has 0 fully saturated rings. The number of rotatable bonds is 10. The number of benzene rings is 4. The number of aryl methyl sites for hydroxylation is 2. The van der Waals surface area contributed by atoms with E-state index in [0.29, 0.717) is 0 Å². The normalized spacial score (nSPS) is 9.96. The number of methoxy groups -OCH3 is 2. The molecule has 6 rings (SSSR count). The Hall–Kier alpha value is -3.01. The fourth-order valence-electron chi connectivity index (χ4n) is 5.69. The van der Waals surface area contributed by atoms with E-state index in [1.54, 1.807) is 14.2 Å². The molecular weight excluding hydrogens is 667 g/mol. The van der Waals surface area contributed by atoms with E-state index in [0.717, 1.165) is 17.9 Å². The number of fused-ring (bicyclic) bond motifs is 2. The molecule has 0 saturated carbocycles. The van der Waals surface area contributed by atoms with E-state index in [4.69, 9.17) is 9.47 Å². The fourth-order valence-corrected chi connectivity index (χ4v) is 5.69. The third-order valence-electron chi connectivity index (χ3n) is 8.06. The van der Waals surface area contributed by atoms with Crippen LogP contribution in [0.4, 0.5) is 0 Å². The van der Waals surface area contributed by atoms with E-state index < -0.39 is 0 Å². The summed E-state index contributed by atoms with van der Waals surface area (Å²) >= 11 is 0. The number of hydrogen-bond donors (Lipinski definition) is 0. The molecular formula is C43H48Cl2O2Ti-4. The van der Waals surface area contributed by atoms with Crippen LogP contribution >= 0.6 is 0 Å². The van der Waals surface area contributed by atoms with E-state index in [1.165, 1.54) is 93.5 Å². The van der Waals surface area contributed by atoms with Gasteiger partial charge in [0.2, 0.25) is 0 Å². The van der Waals surface area contributed by atoms with Crippen LogP contribution in [-0.4, -0.2) is 14.2 Å². The minimum absolute atomic E-state index is 0. The number of ether oxygens (including phenoxy) is 2. The maximum Gasteiger partial charge on any atom is 2.00 e. The second kappa shape index (κ2) is 22.6. The molecule has 0 radical (unpaired) electrons. The third-order valence-corrected chi connectivity index (χ3v) is 8.06. The first kappa shape index (κ1) is 43.0. The molecule has 0 aliphatic heterocycles. The second-order valence-corrected chi connectivity index (χ2v) is 11.4. The first-order valence-electron chi connectivity index (χ1n) is 16.3. The molecule has 6 aromatic carbocycles. The second-order valence-electron chi connectivity index (χ2n) is 11.4. The van der Waals surface area contributed by atoms with Gasteiger partial charge in [0.25, 0.3) is 0 Å². The molecule has 0 spiro atoms. The zero-order chi connectivity index (χ0) is 32.0. The molecule has 48 heavy (non-hydrogen) atoms. The zero-order valence-corrected chi connectivity index (χ0v) is 31.9. The molecule has 0 amide bonds. The van der Waals surface area contributed by atoms with E-state index in [1.807, 2.05) is 24.3 Å². The maximum atomic E-state index is 5.24. The van der Waals surface area contributed by atoms with Crippen LogP contribution in [0.25, 0.3) is 43.8 Å². The van der Waals surface area contributed by atoms with Crippen LogP contribution in [0.1, 0.15) is 57.1 Å². The molecule has 0 atom stereocenters. The molecule has 0 bridgehead atoms. The summed E-state index contributed by atoms with van der Waals surface area (Å²) in [6.45, 7) is 11.2. The smallest absolute Gasteiger partial charge is 1.00 e. The van der Waals surface area contributed by atoms with Crippen molar-refractivity contribution in [2.45, 2.75) is 58.8 Å². The van der Waals surface area contributed by atoms with Crippen LogP contribution in [0.5, 0.6) is 11.5 Å². The van der Waals surface area contributed by atoms with Crippen molar-refractivity contribution in [3.8, 4) is 33.8 Å². The monoisotopic (exact) mass is 714 g/mol. The summed E-state index contributed by atoms with van der Waals surface area (Å²) < 4.78 is 10.5. The summed E-state index contributed by atoms with van der Waals surface area (Å²) in [6, 6.07) is 39.1. The average Bonchev–Trinajstić information content (AvgIpc) is 3.71. The minimum Gasteiger partial charge on any atom is -1.00 e. The molecule has 6 aromatic rings. The predicted octanol–water partition coefficient (Wildman–Crippen LogP) is 6.20. The molecule has 0 heterocycles. The van der Waals surface area contributed by atoms with Gasteiger partial charge >= 0.3 is 21.7 Å². The maximum absolute atomic E-state index is 5.24. The van der Waals surface area contributed by atoms with Gasteiger partial charge < -0.3 is 54.6 Å². The Balaban J connectivity index is 0.000000420. The summed E-state index contributed by atoms with van der Waals surface area (Å²) in [5, 5.41) is 5.39. The molecule has 0 aromatic heterocycles. The van der Waals surface area contributed by atoms with Crippen molar-refractivity contribution in [3.63, 3.8) is 0 Å². The van der Waals surface area contributed by atoms with Crippen LogP contribution in [0.2, 0.25) is 0 Å². The van der Waals surface area contributed by atoms with Crippen molar-refractivity contribution in [3.05, 3.63) is 134 Å². The Labute approximate surface area is 316 Å². The molecule has 254 valence electrons. The van der Waals surface area contributed by atoms with Crippen LogP contribution in [0.3, 0.4) is 0 Å². The van der Waals surface area contributed by atoms with Gasteiger partial charge in [0.15, 0.2) is 0 Å². The number of hydrogen-bond acceptors (Lipinski definition) is 2. The van der Waals surface area contributed by atoms with Gasteiger partial charge in [-0.3, -0.25) is 0 Å². The van der Waals surface area contributed by atoms with Gasteiger partial charge in [-0.25, -0.2) is 0 Å². The quantitative estimate of drug-likeness (QED) is 0.124. The van der Waals surface area contributed by atoms with Gasteiger partial charge in [-0.1, -0.05) is 87.1 Å². The molecule has 0 N–H and O–H groups in total. The molecule has 0 aliphatic carbocycles. The molecule has 0 aliphatic rings. The molecule has 0 saturated heterocycles. The standard InChI is InChI=1S/2C20H21O.C3H6.2ClH.Ti/c2*1-3-4-6-15-13-17-7-5-8-19(20(17)14-15)16-9-11-18(21-2)12-10-16;1-3-2;;;/h2*5,7-14H,3-4,6H2,1-2H3;1-3H2;2*1H;/q2*-1;-2;;;+2/p-2. The summed E-state index contributed by atoms with van der Waals surface area (Å²) in [6.07, 6.45) is 8.10. The SMILES string of the molecule is CCCCc1cc2c(-c3ccc(OC)cc3)cccc2[cH-]1.CCCCc1cc2c(-c3ccc(OC)cc3)cccc2[cH-]1.[CH2-]C[CH2-].[Cl-].[Cl-].[Ti+2]. The fraction of sp³-hybridized carbons (Fsp3) is 0.256. The van der Waals surface area contributed by atoms with Gasteiger partial charge in [0.1, 0.15) is 11.5 Å². The third kappa shape index (κ3) is 11.6. The number of halogens is 2. The predicted molar refractivity (Wildman–Crippen MR) is 196 cm³/mol. The summed E-state index contributed by atoms with van der Waals surface area (Å²) in [5.74, 6) is 1.80. The van der Waals surface area contributed by atoms with Crippen molar-refractivity contribution in [2.24, 2.45) is 0 Å². The van der Waals surface area contributed by atoms with Gasteiger partial charge in [-0.15, -0.1) is 69.1 Å². The van der Waals surface area contributed by atoms with E-state index in [2.05, 4.69) is 113 Å². The van der Waals surface area contributed by atoms with Crippen LogP contribution in [0, 0.1) is 13.8 Å². The minimum atomic E-state index is 0. The Morgan fingerprint density at radius 1 is 0.562 bits per heavy atom. The average molecular weight is 716 g/mol. The Morgan fingerprint density at radius 3 is 1.23 bits per heavy atom. The largest absolute Gasteiger partial charge is 2.00 e. The van der Waals surface area contributed by atoms with Crippen LogP contribution in [0.15, 0.2) is 109 Å². The topological polar surface area (TPSA) is 18.5 Å². The Morgan fingerprint density at radius 2 is 0.917 bits per heavy atom. The van der Waals surface area contributed by atoms with E-state index in [-0.39, 0.29) is 46.5 Å². The van der Waals surface area contributed by atoms with Crippen molar-refractivity contribution in [2.75, 3.05) is 14.2 Å². The van der Waals surface area contributed by atoms with Crippen molar-refractivity contribution < 1.29 is 56.0 Å². The number of unbranched alkanes of at least 4 members (excludes halogenated alkanes) is 2. The van der Waals surface area contributed by atoms with Crippen molar-refractivity contribution in [1.29, 1.82) is 0 Å². The van der Waals surface area contributed by atoms with E-state index in [9.17, 15) is 0 Å². The Kier molecular flexibility index (Phi) is 20.2. The molecule has 5 heteroatoms. The summed E-state index contributed by atoms with van der Waals surface area (Å²) in [5.41, 5.74) is 8.00. The van der Waals surface area contributed by atoms with Crippen LogP contribution in [-0.2, 0) is 34.6 Å². The molecule has 2 nitrogen and oxygen atoms in total. The molecule has 0 unspecified atom stereocenters.